The number of halogens is 2. The van der Waals surface area contributed by atoms with Gasteiger partial charge in [-0.05, 0) is 35.9 Å². The van der Waals surface area contributed by atoms with Gasteiger partial charge in [-0.25, -0.2) is 4.39 Å². The molecule has 4 aromatic rings. The Kier molecular flexibility index (Phi) is 5.81. The first-order valence-corrected chi connectivity index (χ1v) is 10.2. The molecule has 0 radical (unpaired) electrons. The van der Waals surface area contributed by atoms with Crippen LogP contribution in [0, 0.1) is 15.9 Å². The average Bonchev–Trinajstić information content (AvgIpc) is 3.16. The van der Waals surface area contributed by atoms with Crippen molar-refractivity contribution in [3.05, 3.63) is 110 Å². The first kappa shape index (κ1) is 20.1. The Labute approximate surface area is 180 Å². The zero-order valence-corrected chi connectivity index (χ0v) is 17.4. The number of benzene rings is 3. The molecule has 0 saturated heterocycles. The summed E-state index contributed by atoms with van der Waals surface area (Å²) in [7, 11) is 0. The first-order valence-electron chi connectivity index (χ1n) is 9.36. The fourth-order valence-electron chi connectivity index (χ4n) is 3.59. The molecule has 0 amide bonds. The van der Waals surface area contributed by atoms with Gasteiger partial charge in [0.1, 0.15) is 18.2 Å². The zero-order valence-electron chi connectivity index (χ0n) is 15.8. The van der Waals surface area contributed by atoms with Crippen LogP contribution in [0.15, 0.2) is 77.4 Å². The minimum absolute atomic E-state index is 0.0281. The number of aromatic amines is 1. The maximum Gasteiger partial charge on any atom is 0.214 e. The summed E-state index contributed by atoms with van der Waals surface area (Å²) in [5.41, 5.74) is 2.81. The van der Waals surface area contributed by atoms with Crippen molar-refractivity contribution >= 4 is 26.8 Å². The standard InChI is InChI=1S/C23H18BrFN2O3/c24-16-9-10-23(30-14-15-5-1-3-7-21(15)25)18(11-16)20(13-27(28)29)19-12-26-22-8-4-2-6-17(19)22/h1-12,20,26H,13-14H2/t20-/m0/s1. The summed E-state index contributed by atoms with van der Waals surface area (Å²) in [5.74, 6) is -0.405. The van der Waals surface area contributed by atoms with E-state index >= 15 is 0 Å². The van der Waals surface area contributed by atoms with E-state index in [4.69, 9.17) is 4.74 Å². The van der Waals surface area contributed by atoms with Crippen molar-refractivity contribution in [2.45, 2.75) is 12.5 Å². The highest BCUT2D eigenvalue weighted by Gasteiger charge is 2.26. The van der Waals surface area contributed by atoms with E-state index in [0.29, 0.717) is 16.9 Å². The minimum Gasteiger partial charge on any atom is -0.488 e. The number of para-hydroxylation sites is 1. The second kappa shape index (κ2) is 8.67. The summed E-state index contributed by atoms with van der Waals surface area (Å²) < 4.78 is 20.7. The summed E-state index contributed by atoms with van der Waals surface area (Å²) in [6, 6.07) is 19.5. The van der Waals surface area contributed by atoms with E-state index in [1.807, 2.05) is 30.3 Å². The maximum atomic E-state index is 14.0. The van der Waals surface area contributed by atoms with Crippen LogP contribution in [0.3, 0.4) is 0 Å². The SMILES string of the molecule is O=[N+]([O-])C[C@@H](c1cc(Br)ccc1OCc1ccccc1F)c1c[nH]c2ccccc12. The quantitative estimate of drug-likeness (QED) is 0.264. The summed E-state index contributed by atoms with van der Waals surface area (Å²) in [4.78, 5) is 14.4. The Hall–Kier alpha value is -3.19. The topological polar surface area (TPSA) is 68.2 Å². The molecule has 1 N–H and O–H groups in total. The van der Waals surface area contributed by atoms with Crippen LogP contribution in [0.5, 0.6) is 5.75 Å². The summed E-state index contributed by atoms with van der Waals surface area (Å²) in [6.07, 6.45) is 1.81. The van der Waals surface area contributed by atoms with E-state index in [-0.39, 0.29) is 23.9 Å². The predicted octanol–water partition coefficient (Wildman–Crippen LogP) is 6.06. The lowest BCUT2D eigenvalue weighted by Crippen LogP contribution is -2.15. The van der Waals surface area contributed by atoms with Gasteiger partial charge in [0.2, 0.25) is 6.54 Å². The number of fused-ring (bicyclic) bond motifs is 1. The van der Waals surface area contributed by atoms with Crippen molar-refractivity contribution in [1.82, 2.24) is 4.98 Å². The van der Waals surface area contributed by atoms with Crippen LogP contribution in [0.2, 0.25) is 0 Å². The maximum absolute atomic E-state index is 14.0. The van der Waals surface area contributed by atoms with Crippen molar-refractivity contribution in [2.75, 3.05) is 6.54 Å². The van der Waals surface area contributed by atoms with Crippen molar-refractivity contribution in [3.63, 3.8) is 0 Å². The Balaban J connectivity index is 1.76. The zero-order chi connectivity index (χ0) is 21.1. The Morgan fingerprint density at radius 2 is 1.83 bits per heavy atom. The van der Waals surface area contributed by atoms with E-state index in [1.165, 1.54) is 6.07 Å². The molecule has 4 rings (SSSR count). The summed E-state index contributed by atoms with van der Waals surface area (Å²) in [6.45, 7) is -0.269. The second-order valence-electron chi connectivity index (χ2n) is 6.92. The number of H-pyrrole nitrogens is 1. The third-order valence-electron chi connectivity index (χ3n) is 5.02. The number of nitrogens with one attached hydrogen (secondary N) is 1. The van der Waals surface area contributed by atoms with Crippen LogP contribution in [-0.2, 0) is 6.61 Å². The van der Waals surface area contributed by atoms with Crippen molar-refractivity contribution in [2.24, 2.45) is 0 Å². The average molecular weight is 469 g/mol. The van der Waals surface area contributed by atoms with E-state index in [2.05, 4.69) is 20.9 Å². The van der Waals surface area contributed by atoms with Crippen LogP contribution < -0.4 is 4.74 Å². The molecule has 30 heavy (non-hydrogen) atoms. The van der Waals surface area contributed by atoms with Crippen LogP contribution in [-0.4, -0.2) is 16.5 Å². The monoisotopic (exact) mass is 468 g/mol. The summed E-state index contributed by atoms with van der Waals surface area (Å²) >= 11 is 3.46. The molecule has 0 unspecified atom stereocenters. The van der Waals surface area contributed by atoms with Gasteiger partial charge >= 0.3 is 0 Å². The molecule has 0 spiro atoms. The predicted molar refractivity (Wildman–Crippen MR) is 117 cm³/mol. The molecule has 0 bridgehead atoms. The molecule has 0 fully saturated rings. The highest BCUT2D eigenvalue weighted by atomic mass is 79.9. The molecule has 1 aromatic heterocycles. The van der Waals surface area contributed by atoms with E-state index in [0.717, 1.165) is 20.9 Å². The number of nitrogens with zero attached hydrogens (tertiary/aromatic N) is 1. The molecular formula is C23H18BrFN2O3. The van der Waals surface area contributed by atoms with Gasteiger partial charge < -0.3 is 9.72 Å². The number of hydrogen-bond acceptors (Lipinski definition) is 3. The molecule has 3 aromatic carbocycles. The summed E-state index contributed by atoms with van der Waals surface area (Å²) in [5, 5.41) is 12.4. The Morgan fingerprint density at radius 1 is 1.07 bits per heavy atom. The lowest BCUT2D eigenvalue weighted by atomic mass is 9.90. The Bertz CT molecular complexity index is 1210. The van der Waals surface area contributed by atoms with Crippen LogP contribution in [0.1, 0.15) is 22.6 Å². The first-order chi connectivity index (χ1) is 14.5. The number of hydrogen-bond donors (Lipinski definition) is 1. The van der Waals surface area contributed by atoms with Crippen LogP contribution in [0.4, 0.5) is 4.39 Å². The van der Waals surface area contributed by atoms with E-state index < -0.39 is 5.92 Å². The lowest BCUT2D eigenvalue weighted by molar-refractivity contribution is -0.481. The molecule has 0 aliphatic rings. The van der Waals surface area contributed by atoms with Gasteiger partial charge in [0.05, 0.1) is 5.92 Å². The molecular weight excluding hydrogens is 451 g/mol. The molecule has 152 valence electrons. The van der Waals surface area contributed by atoms with Crippen molar-refractivity contribution < 1.29 is 14.1 Å². The molecule has 0 aliphatic carbocycles. The highest BCUT2D eigenvalue weighted by Crippen LogP contribution is 2.37. The van der Waals surface area contributed by atoms with Gasteiger partial charge in [0.25, 0.3) is 0 Å². The lowest BCUT2D eigenvalue weighted by Gasteiger charge is -2.18. The smallest absolute Gasteiger partial charge is 0.214 e. The molecule has 0 saturated carbocycles. The van der Waals surface area contributed by atoms with E-state index in [1.54, 1.807) is 36.5 Å². The third-order valence-corrected chi connectivity index (χ3v) is 5.51. The fourth-order valence-corrected chi connectivity index (χ4v) is 3.97. The largest absolute Gasteiger partial charge is 0.488 e. The number of aromatic nitrogens is 1. The molecule has 7 heteroatoms. The van der Waals surface area contributed by atoms with Gasteiger partial charge in [-0.3, -0.25) is 10.1 Å². The highest BCUT2D eigenvalue weighted by molar-refractivity contribution is 9.10. The fraction of sp³-hybridized carbons (Fsp3) is 0.130. The van der Waals surface area contributed by atoms with Crippen molar-refractivity contribution in [1.29, 1.82) is 0 Å². The minimum atomic E-state index is -0.538. The number of ether oxygens (including phenoxy) is 1. The van der Waals surface area contributed by atoms with Gasteiger partial charge in [-0.2, -0.15) is 0 Å². The normalized spacial score (nSPS) is 12.1. The van der Waals surface area contributed by atoms with E-state index in [9.17, 15) is 14.5 Å². The van der Waals surface area contributed by atoms with Crippen LogP contribution >= 0.6 is 15.9 Å². The molecule has 0 aliphatic heterocycles. The molecule has 1 atom stereocenters. The number of nitro groups is 1. The molecule has 1 heterocycles. The van der Waals surface area contributed by atoms with Gasteiger partial charge in [0, 0.05) is 37.6 Å². The van der Waals surface area contributed by atoms with Crippen LogP contribution in [0.25, 0.3) is 10.9 Å². The number of rotatable bonds is 7. The van der Waals surface area contributed by atoms with Gasteiger partial charge in [0.15, 0.2) is 0 Å². The van der Waals surface area contributed by atoms with Gasteiger partial charge in [-0.1, -0.05) is 52.3 Å². The van der Waals surface area contributed by atoms with Gasteiger partial charge in [-0.15, -0.1) is 0 Å². The van der Waals surface area contributed by atoms with Crippen molar-refractivity contribution in [3.8, 4) is 5.75 Å². The second-order valence-corrected chi connectivity index (χ2v) is 7.84. The third kappa shape index (κ3) is 4.21. The Morgan fingerprint density at radius 3 is 2.63 bits per heavy atom. The molecule has 5 nitrogen and oxygen atoms in total.